The molecule has 4 heterocycles. The van der Waals surface area contributed by atoms with Crippen molar-refractivity contribution >= 4 is 57.9 Å². The number of thiophene rings is 1. The van der Waals surface area contributed by atoms with Gasteiger partial charge in [0.1, 0.15) is 11.5 Å². The number of halogens is 1. The van der Waals surface area contributed by atoms with E-state index in [1.54, 1.807) is 36.4 Å². The first-order chi connectivity index (χ1) is 18.5. The van der Waals surface area contributed by atoms with Gasteiger partial charge in [-0.05, 0) is 46.8 Å². The second-order valence-electron chi connectivity index (χ2n) is 9.78. The zero-order valence-corrected chi connectivity index (χ0v) is 21.6. The smallest absolute Gasteiger partial charge is 0.238 e. The number of anilines is 2. The second kappa shape index (κ2) is 8.51. The molecule has 1 amide bonds. The number of Topliss-reactive ketones (excluding diaryl/α,β-unsaturated/α-hetero) is 2. The van der Waals surface area contributed by atoms with Gasteiger partial charge in [-0.15, -0.1) is 11.3 Å². The van der Waals surface area contributed by atoms with Crippen LogP contribution in [-0.2, 0) is 10.2 Å². The number of para-hydroxylation sites is 1. The first-order valence-electron chi connectivity index (χ1n) is 12.4. The van der Waals surface area contributed by atoms with Crippen LogP contribution in [-0.4, -0.2) is 29.6 Å². The molecule has 4 aromatic rings. The topological polar surface area (TPSA) is 66.5 Å². The standard InChI is InChI=1S/C31H21ClN2O3S/c32-20-13-14-23-19(17-20)12-15-25-31(21-9-4-5-10-22(21)33-30(31)37)26(28(35)18-7-2-1-3-8-18)27(34(23)25)29(36)24-11-6-16-38-24/h1-17,25-27H,(H,33,37)/t25-,26-,27+,31-/m1/s1. The van der Waals surface area contributed by atoms with Crippen molar-refractivity contribution in [2.24, 2.45) is 5.92 Å². The molecule has 38 heavy (non-hydrogen) atoms. The third-order valence-electron chi connectivity index (χ3n) is 7.97. The number of benzene rings is 3. The number of carbonyl (C=O) groups excluding carboxylic acids is 3. The maximum Gasteiger partial charge on any atom is 0.238 e. The van der Waals surface area contributed by atoms with Crippen molar-refractivity contribution in [1.82, 2.24) is 0 Å². The summed E-state index contributed by atoms with van der Waals surface area (Å²) in [5.41, 5.74) is 2.18. The molecule has 1 aromatic heterocycles. The van der Waals surface area contributed by atoms with Gasteiger partial charge in [-0.1, -0.05) is 78.4 Å². The molecule has 1 N–H and O–H groups in total. The predicted octanol–water partition coefficient (Wildman–Crippen LogP) is 6.26. The molecule has 0 aliphatic carbocycles. The summed E-state index contributed by atoms with van der Waals surface area (Å²) in [4.78, 5) is 45.7. The molecule has 0 saturated carbocycles. The number of hydrogen-bond donors (Lipinski definition) is 1. The molecular weight excluding hydrogens is 516 g/mol. The minimum absolute atomic E-state index is 0.176. The highest BCUT2D eigenvalue weighted by molar-refractivity contribution is 7.12. The molecule has 186 valence electrons. The molecule has 4 atom stereocenters. The van der Waals surface area contributed by atoms with Crippen LogP contribution in [0.3, 0.4) is 0 Å². The van der Waals surface area contributed by atoms with E-state index in [-0.39, 0.29) is 17.5 Å². The maximum atomic E-state index is 14.6. The Morgan fingerprint density at radius 2 is 1.71 bits per heavy atom. The molecule has 0 bridgehead atoms. The minimum atomic E-state index is -1.31. The van der Waals surface area contributed by atoms with E-state index >= 15 is 0 Å². The van der Waals surface area contributed by atoms with Crippen molar-refractivity contribution < 1.29 is 14.4 Å². The fourth-order valence-electron chi connectivity index (χ4n) is 6.50. The minimum Gasteiger partial charge on any atom is -0.352 e. The van der Waals surface area contributed by atoms with Crippen LogP contribution < -0.4 is 10.2 Å². The van der Waals surface area contributed by atoms with E-state index in [1.807, 2.05) is 71.0 Å². The summed E-state index contributed by atoms with van der Waals surface area (Å²) in [5, 5.41) is 5.47. The molecule has 1 spiro atoms. The zero-order valence-electron chi connectivity index (χ0n) is 20.0. The fourth-order valence-corrected chi connectivity index (χ4v) is 7.37. The lowest BCUT2D eigenvalue weighted by Crippen LogP contribution is -2.51. The van der Waals surface area contributed by atoms with Gasteiger partial charge in [-0.3, -0.25) is 14.4 Å². The molecule has 3 aromatic carbocycles. The van der Waals surface area contributed by atoms with Crippen LogP contribution >= 0.6 is 22.9 Å². The van der Waals surface area contributed by atoms with Gasteiger partial charge in [0.25, 0.3) is 0 Å². The Morgan fingerprint density at radius 3 is 2.50 bits per heavy atom. The largest absolute Gasteiger partial charge is 0.352 e. The Labute approximate surface area is 228 Å². The number of nitrogens with one attached hydrogen (secondary N) is 1. The van der Waals surface area contributed by atoms with Gasteiger partial charge >= 0.3 is 0 Å². The summed E-state index contributed by atoms with van der Waals surface area (Å²) in [5.74, 6) is -1.65. The molecule has 1 saturated heterocycles. The molecule has 7 heteroatoms. The van der Waals surface area contributed by atoms with Crippen LogP contribution in [0.5, 0.6) is 0 Å². The summed E-state index contributed by atoms with van der Waals surface area (Å²) >= 11 is 7.67. The van der Waals surface area contributed by atoms with E-state index in [0.29, 0.717) is 21.2 Å². The highest BCUT2D eigenvalue weighted by Gasteiger charge is 2.70. The van der Waals surface area contributed by atoms with E-state index in [1.165, 1.54) is 11.3 Å². The highest BCUT2D eigenvalue weighted by atomic mass is 35.5. The SMILES string of the molecule is O=C(c1cccs1)[C@@H]1[C@H](C(=O)c2ccccc2)[C@]2(C(=O)Nc3ccccc32)[C@H]2C=Cc3cc(Cl)ccc3N12. The van der Waals surface area contributed by atoms with Crippen molar-refractivity contribution in [3.63, 3.8) is 0 Å². The molecule has 3 aliphatic rings. The van der Waals surface area contributed by atoms with Crippen molar-refractivity contribution in [2.75, 3.05) is 10.2 Å². The summed E-state index contributed by atoms with van der Waals surface area (Å²) in [7, 11) is 0. The summed E-state index contributed by atoms with van der Waals surface area (Å²) in [6.07, 6.45) is 3.90. The lowest BCUT2D eigenvalue weighted by Gasteiger charge is -2.37. The van der Waals surface area contributed by atoms with Gasteiger partial charge in [0.05, 0.1) is 16.8 Å². The number of fused-ring (bicyclic) bond motifs is 6. The summed E-state index contributed by atoms with van der Waals surface area (Å²) in [6.45, 7) is 0. The molecule has 5 nitrogen and oxygen atoms in total. The number of hydrogen-bond acceptors (Lipinski definition) is 5. The first kappa shape index (κ1) is 23.1. The number of rotatable bonds is 4. The van der Waals surface area contributed by atoms with Gasteiger partial charge < -0.3 is 10.2 Å². The van der Waals surface area contributed by atoms with Gasteiger partial charge in [-0.2, -0.15) is 0 Å². The zero-order chi connectivity index (χ0) is 26.0. The third kappa shape index (κ3) is 3.08. The van der Waals surface area contributed by atoms with E-state index in [2.05, 4.69) is 5.32 Å². The quantitative estimate of drug-likeness (QED) is 0.313. The van der Waals surface area contributed by atoms with Crippen molar-refractivity contribution in [3.05, 3.63) is 123 Å². The molecule has 1 fully saturated rings. The van der Waals surface area contributed by atoms with E-state index in [0.717, 1.165) is 16.8 Å². The Morgan fingerprint density at radius 1 is 0.921 bits per heavy atom. The van der Waals surface area contributed by atoms with Crippen LogP contribution in [0.15, 0.2) is 96.4 Å². The first-order valence-corrected chi connectivity index (χ1v) is 13.6. The average Bonchev–Trinajstić information content (AvgIpc) is 3.65. The van der Waals surface area contributed by atoms with Crippen LogP contribution in [0.25, 0.3) is 6.08 Å². The Hall–Kier alpha value is -4.00. The number of carbonyl (C=O) groups is 3. The highest BCUT2D eigenvalue weighted by Crippen LogP contribution is 2.58. The lowest BCUT2D eigenvalue weighted by atomic mass is 9.64. The monoisotopic (exact) mass is 536 g/mol. The predicted molar refractivity (Wildman–Crippen MR) is 150 cm³/mol. The van der Waals surface area contributed by atoms with E-state index in [9.17, 15) is 14.4 Å². The molecule has 0 radical (unpaired) electrons. The van der Waals surface area contributed by atoms with E-state index < -0.39 is 23.4 Å². The number of nitrogens with zero attached hydrogens (tertiary/aromatic N) is 1. The van der Waals surface area contributed by atoms with Gasteiger partial charge in [0.2, 0.25) is 5.91 Å². The third-order valence-corrected chi connectivity index (χ3v) is 9.09. The average molecular weight is 537 g/mol. The Bertz CT molecular complexity index is 1650. The summed E-state index contributed by atoms with van der Waals surface area (Å²) in [6, 6.07) is 24.1. The second-order valence-corrected chi connectivity index (χ2v) is 11.2. The van der Waals surface area contributed by atoms with Gasteiger partial charge in [0, 0.05) is 22.0 Å². The van der Waals surface area contributed by atoms with Crippen LogP contribution in [0.4, 0.5) is 11.4 Å². The molecule has 0 unspecified atom stereocenters. The molecule has 3 aliphatic heterocycles. The van der Waals surface area contributed by atoms with Crippen LogP contribution in [0, 0.1) is 5.92 Å². The van der Waals surface area contributed by atoms with Gasteiger partial charge in [0.15, 0.2) is 11.6 Å². The summed E-state index contributed by atoms with van der Waals surface area (Å²) < 4.78 is 0. The molecule has 7 rings (SSSR count). The van der Waals surface area contributed by atoms with E-state index in [4.69, 9.17) is 11.6 Å². The van der Waals surface area contributed by atoms with Crippen molar-refractivity contribution in [2.45, 2.75) is 17.5 Å². The normalized spacial score (nSPS) is 24.6. The van der Waals surface area contributed by atoms with Gasteiger partial charge in [-0.25, -0.2) is 0 Å². The van der Waals surface area contributed by atoms with Crippen LogP contribution in [0.1, 0.15) is 31.2 Å². The maximum absolute atomic E-state index is 14.6. The number of amides is 1. The Kier molecular flexibility index (Phi) is 5.18. The molecular formula is C31H21ClN2O3S. The van der Waals surface area contributed by atoms with Crippen molar-refractivity contribution in [3.8, 4) is 0 Å². The van der Waals surface area contributed by atoms with Crippen LogP contribution in [0.2, 0.25) is 5.02 Å². The fraction of sp³-hybridized carbons (Fsp3) is 0.129. The number of ketones is 2. The Balaban J connectivity index is 1.55. The van der Waals surface area contributed by atoms with Crippen molar-refractivity contribution in [1.29, 1.82) is 0 Å². The lowest BCUT2D eigenvalue weighted by molar-refractivity contribution is -0.121.